The molecule has 0 fully saturated rings. The van der Waals surface area contributed by atoms with Crippen LogP contribution in [0.2, 0.25) is 0 Å². The van der Waals surface area contributed by atoms with Crippen LogP contribution in [0, 0.1) is 0 Å². The van der Waals surface area contributed by atoms with E-state index in [1.165, 1.54) is 0 Å². The van der Waals surface area contributed by atoms with Crippen molar-refractivity contribution in [2.24, 2.45) is 0 Å². The molecular formula is C17H16O2S. The highest BCUT2D eigenvalue weighted by atomic mass is 32.2. The molecule has 0 heterocycles. The lowest BCUT2D eigenvalue weighted by Gasteiger charge is -2.10. The van der Waals surface area contributed by atoms with Crippen LogP contribution in [0.1, 0.15) is 12.5 Å². The van der Waals surface area contributed by atoms with Crippen molar-refractivity contribution in [1.82, 2.24) is 0 Å². The van der Waals surface area contributed by atoms with E-state index in [0.717, 1.165) is 22.5 Å². The molecule has 0 radical (unpaired) electrons. The Labute approximate surface area is 122 Å². The van der Waals surface area contributed by atoms with E-state index < -0.39 is 0 Å². The van der Waals surface area contributed by atoms with Gasteiger partial charge in [-0.3, -0.25) is 0 Å². The highest BCUT2D eigenvalue weighted by molar-refractivity contribution is 7.98. The highest BCUT2D eigenvalue weighted by Gasteiger charge is 2.12. The van der Waals surface area contributed by atoms with Crippen LogP contribution in [0.5, 0.6) is 11.5 Å². The van der Waals surface area contributed by atoms with Gasteiger partial charge in [-0.1, -0.05) is 43.3 Å². The molecule has 0 aromatic heterocycles. The number of phenolic OH excluding ortho intramolecular Hbond substituents is 2. The molecule has 0 saturated heterocycles. The minimum Gasteiger partial charge on any atom is -0.507 e. The Morgan fingerprint density at radius 1 is 0.850 bits per heavy atom. The lowest BCUT2D eigenvalue weighted by Crippen LogP contribution is -1.85. The van der Waals surface area contributed by atoms with Crippen LogP contribution in [-0.4, -0.2) is 16.0 Å². The Morgan fingerprint density at radius 3 is 2.10 bits per heavy atom. The molecule has 0 aliphatic carbocycles. The first-order chi connectivity index (χ1) is 9.72. The van der Waals surface area contributed by atoms with Crippen LogP contribution in [-0.2, 0) is 5.75 Å². The Hall–Kier alpha value is -1.87. The Kier molecular flexibility index (Phi) is 3.45. The average Bonchev–Trinajstić information content (AvgIpc) is 2.50. The smallest absolute Gasteiger partial charge is 0.131 e. The predicted molar refractivity (Wildman–Crippen MR) is 86.6 cm³/mol. The molecular weight excluding hydrogens is 268 g/mol. The minimum absolute atomic E-state index is 0.239. The topological polar surface area (TPSA) is 40.5 Å². The van der Waals surface area contributed by atoms with Crippen molar-refractivity contribution >= 4 is 33.3 Å². The first-order valence-electron chi connectivity index (χ1n) is 6.65. The van der Waals surface area contributed by atoms with E-state index in [1.807, 2.05) is 54.2 Å². The number of thioether (sulfide) groups is 1. The maximum atomic E-state index is 10.5. The fourth-order valence-electron chi connectivity index (χ4n) is 2.49. The number of fused-ring (bicyclic) bond motifs is 2. The molecule has 3 aromatic carbocycles. The van der Waals surface area contributed by atoms with Crippen molar-refractivity contribution < 1.29 is 10.2 Å². The van der Waals surface area contributed by atoms with Gasteiger partial charge in [-0.2, -0.15) is 11.8 Å². The maximum absolute atomic E-state index is 10.5. The van der Waals surface area contributed by atoms with E-state index in [9.17, 15) is 10.2 Å². The van der Waals surface area contributed by atoms with Crippen LogP contribution < -0.4 is 0 Å². The molecule has 2 N–H and O–H groups in total. The molecule has 102 valence electrons. The van der Waals surface area contributed by atoms with E-state index in [1.54, 1.807) is 0 Å². The monoisotopic (exact) mass is 284 g/mol. The van der Waals surface area contributed by atoms with E-state index in [4.69, 9.17) is 0 Å². The number of aromatic hydroxyl groups is 2. The van der Waals surface area contributed by atoms with E-state index >= 15 is 0 Å². The maximum Gasteiger partial charge on any atom is 0.131 e. The van der Waals surface area contributed by atoms with Crippen molar-refractivity contribution in [3.8, 4) is 11.5 Å². The molecule has 0 aliphatic rings. The zero-order chi connectivity index (χ0) is 14.1. The largest absolute Gasteiger partial charge is 0.507 e. The molecule has 0 spiro atoms. The second-order valence-electron chi connectivity index (χ2n) is 4.76. The molecule has 0 amide bonds. The van der Waals surface area contributed by atoms with Gasteiger partial charge in [0, 0.05) is 27.3 Å². The SMILES string of the molecule is CCSCc1ccc2c(O)c3ccccc3c(O)c2c1. The van der Waals surface area contributed by atoms with Crippen molar-refractivity contribution in [2.75, 3.05) is 5.75 Å². The Balaban J connectivity index is 2.29. The summed E-state index contributed by atoms with van der Waals surface area (Å²) in [5.41, 5.74) is 1.16. The van der Waals surface area contributed by atoms with Crippen molar-refractivity contribution in [2.45, 2.75) is 12.7 Å². The van der Waals surface area contributed by atoms with Gasteiger partial charge < -0.3 is 10.2 Å². The second kappa shape index (κ2) is 5.25. The average molecular weight is 284 g/mol. The molecule has 3 heteroatoms. The summed E-state index contributed by atoms with van der Waals surface area (Å²) in [5.74, 6) is 2.46. The van der Waals surface area contributed by atoms with Crippen LogP contribution in [0.4, 0.5) is 0 Å². The molecule has 3 aromatic rings. The van der Waals surface area contributed by atoms with Gasteiger partial charge in [-0.25, -0.2) is 0 Å². The molecule has 20 heavy (non-hydrogen) atoms. The van der Waals surface area contributed by atoms with Crippen LogP contribution in [0.3, 0.4) is 0 Å². The highest BCUT2D eigenvalue weighted by Crippen LogP contribution is 2.41. The van der Waals surface area contributed by atoms with Gasteiger partial charge in [0.15, 0.2) is 0 Å². The fourth-order valence-corrected chi connectivity index (χ4v) is 3.11. The van der Waals surface area contributed by atoms with Gasteiger partial charge in [0.25, 0.3) is 0 Å². The molecule has 0 saturated carbocycles. The van der Waals surface area contributed by atoms with Crippen LogP contribution >= 0.6 is 11.8 Å². The summed E-state index contributed by atoms with van der Waals surface area (Å²) >= 11 is 1.84. The van der Waals surface area contributed by atoms with Gasteiger partial charge >= 0.3 is 0 Å². The van der Waals surface area contributed by atoms with Gasteiger partial charge in [-0.05, 0) is 17.4 Å². The molecule has 0 unspecified atom stereocenters. The fraction of sp³-hybridized carbons (Fsp3) is 0.176. The summed E-state index contributed by atoms with van der Waals surface area (Å²) in [7, 11) is 0. The van der Waals surface area contributed by atoms with Gasteiger partial charge in [0.2, 0.25) is 0 Å². The normalized spacial score (nSPS) is 11.2. The van der Waals surface area contributed by atoms with Gasteiger partial charge in [-0.15, -0.1) is 0 Å². The summed E-state index contributed by atoms with van der Waals surface area (Å²) in [5, 5.41) is 23.7. The third-order valence-corrected chi connectivity index (χ3v) is 4.45. The molecule has 3 rings (SSSR count). The summed E-state index contributed by atoms with van der Waals surface area (Å²) in [4.78, 5) is 0. The number of phenols is 2. The van der Waals surface area contributed by atoms with E-state index in [0.29, 0.717) is 16.2 Å². The Bertz CT molecular complexity index is 781. The molecule has 0 atom stereocenters. The first-order valence-corrected chi connectivity index (χ1v) is 7.81. The number of hydrogen-bond acceptors (Lipinski definition) is 3. The Morgan fingerprint density at radius 2 is 1.45 bits per heavy atom. The molecule has 0 bridgehead atoms. The van der Waals surface area contributed by atoms with Crippen LogP contribution in [0.15, 0.2) is 42.5 Å². The summed E-state index contributed by atoms with van der Waals surface area (Å²) in [6.07, 6.45) is 0. The predicted octanol–water partition coefficient (Wildman–Crippen LogP) is 4.66. The molecule has 2 nitrogen and oxygen atoms in total. The van der Waals surface area contributed by atoms with Crippen molar-refractivity contribution in [3.05, 3.63) is 48.0 Å². The lowest BCUT2D eigenvalue weighted by molar-refractivity contribution is 0.478. The summed E-state index contributed by atoms with van der Waals surface area (Å²) in [6, 6.07) is 13.3. The number of rotatable bonds is 3. The quantitative estimate of drug-likeness (QED) is 0.543. The summed E-state index contributed by atoms with van der Waals surface area (Å²) in [6.45, 7) is 2.13. The standard InChI is InChI=1S/C17H16O2S/c1-2-20-10-11-7-8-14-15(9-11)17(19)13-6-4-3-5-12(13)16(14)18/h3-9,18-19H,2,10H2,1H3. The molecule has 0 aliphatic heterocycles. The van der Waals surface area contributed by atoms with Gasteiger partial charge in [0.05, 0.1) is 0 Å². The second-order valence-corrected chi connectivity index (χ2v) is 6.03. The number of hydrogen-bond donors (Lipinski definition) is 2. The number of benzene rings is 3. The van der Waals surface area contributed by atoms with Crippen molar-refractivity contribution in [3.63, 3.8) is 0 Å². The van der Waals surface area contributed by atoms with E-state index in [-0.39, 0.29) is 11.5 Å². The third kappa shape index (κ3) is 2.08. The van der Waals surface area contributed by atoms with E-state index in [2.05, 4.69) is 6.92 Å². The van der Waals surface area contributed by atoms with Crippen LogP contribution in [0.25, 0.3) is 21.5 Å². The zero-order valence-electron chi connectivity index (χ0n) is 11.3. The van der Waals surface area contributed by atoms with Gasteiger partial charge in [0.1, 0.15) is 11.5 Å². The summed E-state index contributed by atoms with van der Waals surface area (Å²) < 4.78 is 0. The van der Waals surface area contributed by atoms with Crippen molar-refractivity contribution in [1.29, 1.82) is 0 Å². The zero-order valence-corrected chi connectivity index (χ0v) is 12.1. The first kappa shape index (κ1) is 13.1. The minimum atomic E-state index is 0.239. The third-order valence-electron chi connectivity index (χ3n) is 3.50. The lowest BCUT2D eigenvalue weighted by atomic mass is 9.99.